The lowest BCUT2D eigenvalue weighted by atomic mass is 9.98. The fourth-order valence-electron chi connectivity index (χ4n) is 2.66. The van der Waals surface area contributed by atoms with Gasteiger partial charge >= 0.3 is 0 Å². The summed E-state index contributed by atoms with van der Waals surface area (Å²) in [5.41, 5.74) is 0.711. The van der Waals surface area contributed by atoms with Crippen molar-refractivity contribution < 1.29 is 21.2 Å². The first kappa shape index (κ1) is 15.2. The van der Waals surface area contributed by atoms with Crippen molar-refractivity contribution in [3.8, 4) is 5.75 Å². The van der Waals surface area contributed by atoms with Crippen molar-refractivity contribution in [1.82, 2.24) is 0 Å². The summed E-state index contributed by atoms with van der Waals surface area (Å²) in [6.07, 6.45) is 1.06. The SMILES string of the molecule is [2H]c1c([2H])c([2H])c(/C=C(/C(=O)Nc2ccccc2OCc2ccccc2)C(=O)C(C)C)c([2H])c1[2H]. The molecule has 0 heterocycles. The van der Waals surface area contributed by atoms with Crippen LogP contribution in [0, 0.1) is 5.92 Å². The average Bonchev–Trinajstić information content (AvgIpc) is 2.86. The third-order valence-electron chi connectivity index (χ3n) is 4.21. The molecule has 0 aliphatic carbocycles. The standard InChI is InChI=1S/C26H25NO3/c1-19(2)25(28)22(17-20-11-5-3-6-12-20)26(29)27-23-15-9-10-16-24(23)30-18-21-13-7-4-8-14-21/h3-17,19H,18H2,1-2H3,(H,27,29)/b22-17+/i3D,5D,6D,11D,12D. The maximum Gasteiger partial charge on any atom is 0.259 e. The van der Waals surface area contributed by atoms with Gasteiger partial charge in [-0.05, 0) is 29.3 Å². The zero-order valence-electron chi connectivity index (χ0n) is 21.8. The van der Waals surface area contributed by atoms with E-state index < -0.39 is 47.8 Å². The van der Waals surface area contributed by atoms with Crippen LogP contribution in [-0.2, 0) is 16.2 Å². The molecule has 152 valence electrons. The van der Waals surface area contributed by atoms with Crippen LogP contribution < -0.4 is 10.1 Å². The van der Waals surface area contributed by atoms with E-state index in [9.17, 15) is 9.59 Å². The number of amides is 1. The molecule has 0 atom stereocenters. The van der Waals surface area contributed by atoms with Gasteiger partial charge in [-0.1, -0.05) is 86.5 Å². The lowest BCUT2D eigenvalue weighted by Gasteiger charge is -2.14. The van der Waals surface area contributed by atoms with Crippen LogP contribution in [0.1, 0.15) is 31.8 Å². The molecule has 3 rings (SSSR count). The maximum absolute atomic E-state index is 13.2. The number of anilines is 1. The number of ether oxygens (including phenoxy) is 1. The Morgan fingerprint density at radius 3 is 2.37 bits per heavy atom. The van der Waals surface area contributed by atoms with E-state index in [0.29, 0.717) is 11.4 Å². The quantitative estimate of drug-likeness (QED) is 0.306. The van der Waals surface area contributed by atoms with Gasteiger partial charge in [-0.3, -0.25) is 9.59 Å². The van der Waals surface area contributed by atoms with Crippen molar-refractivity contribution in [2.24, 2.45) is 5.92 Å². The molecule has 1 amide bonds. The minimum absolute atomic E-state index is 0.233. The number of carbonyl (C=O) groups is 2. The molecule has 0 aliphatic rings. The lowest BCUT2D eigenvalue weighted by Crippen LogP contribution is -2.23. The van der Waals surface area contributed by atoms with Crippen molar-refractivity contribution in [1.29, 1.82) is 0 Å². The molecule has 4 nitrogen and oxygen atoms in total. The van der Waals surface area contributed by atoms with Gasteiger partial charge in [-0.2, -0.15) is 0 Å². The monoisotopic (exact) mass is 404 g/mol. The summed E-state index contributed by atoms with van der Waals surface area (Å²) >= 11 is 0. The van der Waals surface area contributed by atoms with Crippen LogP contribution in [-0.4, -0.2) is 11.7 Å². The van der Waals surface area contributed by atoms with Gasteiger partial charge in [0.2, 0.25) is 0 Å². The smallest absolute Gasteiger partial charge is 0.259 e. The molecule has 3 aromatic rings. The molecule has 0 saturated carbocycles. The number of ketones is 1. The molecule has 0 bridgehead atoms. The predicted molar refractivity (Wildman–Crippen MR) is 120 cm³/mol. The van der Waals surface area contributed by atoms with Gasteiger partial charge in [0.1, 0.15) is 12.4 Å². The van der Waals surface area contributed by atoms with E-state index in [2.05, 4.69) is 5.32 Å². The summed E-state index contributed by atoms with van der Waals surface area (Å²) in [7, 11) is 0. The van der Waals surface area contributed by atoms with Gasteiger partial charge in [0.25, 0.3) is 5.91 Å². The Kier molecular flexibility index (Phi) is 5.18. The molecule has 30 heavy (non-hydrogen) atoms. The molecule has 0 saturated heterocycles. The number of para-hydroxylation sites is 2. The Hall–Kier alpha value is -3.66. The van der Waals surface area contributed by atoms with Gasteiger partial charge in [-0.15, -0.1) is 0 Å². The number of Topliss-reactive ketones (excluding diaryl/α,β-unsaturated/α-hetero) is 1. The van der Waals surface area contributed by atoms with E-state index in [1.165, 1.54) is 0 Å². The number of hydrogen-bond acceptors (Lipinski definition) is 3. The highest BCUT2D eigenvalue weighted by Crippen LogP contribution is 2.26. The second-order valence-corrected chi connectivity index (χ2v) is 6.84. The lowest BCUT2D eigenvalue weighted by molar-refractivity contribution is -0.121. The zero-order chi connectivity index (χ0) is 25.7. The Morgan fingerprint density at radius 1 is 1.00 bits per heavy atom. The number of hydrogen-bond donors (Lipinski definition) is 1. The van der Waals surface area contributed by atoms with Crippen LogP contribution in [0.25, 0.3) is 6.08 Å². The third kappa shape index (κ3) is 5.67. The van der Waals surface area contributed by atoms with E-state index in [4.69, 9.17) is 11.6 Å². The summed E-state index contributed by atoms with van der Waals surface area (Å²) in [5, 5.41) is 2.68. The first-order chi connectivity index (χ1) is 16.6. The number of nitrogens with one attached hydrogen (secondary N) is 1. The third-order valence-corrected chi connectivity index (χ3v) is 4.21. The van der Waals surface area contributed by atoms with E-state index in [1.54, 1.807) is 38.1 Å². The van der Waals surface area contributed by atoms with E-state index >= 15 is 0 Å². The van der Waals surface area contributed by atoms with Crippen LogP contribution in [0.4, 0.5) is 5.69 Å². The van der Waals surface area contributed by atoms with E-state index in [1.807, 2.05) is 30.3 Å². The predicted octanol–water partition coefficient (Wildman–Crippen LogP) is 5.51. The van der Waals surface area contributed by atoms with Crippen LogP contribution in [0.15, 0.2) is 90.4 Å². The fraction of sp³-hybridized carbons (Fsp3) is 0.154. The number of benzene rings is 3. The van der Waals surface area contributed by atoms with Crippen molar-refractivity contribution in [3.05, 3.63) is 102 Å². The summed E-state index contributed by atoms with van der Waals surface area (Å²) in [5.74, 6) is -1.48. The molecule has 1 N–H and O–H groups in total. The van der Waals surface area contributed by atoms with Crippen molar-refractivity contribution in [2.75, 3.05) is 5.32 Å². The second kappa shape index (κ2) is 10.2. The van der Waals surface area contributed by atoms with Crippen molar-refractivity contribution >= 4 is 23.5 Å². The molecular weight excluding hydrogens is 374 g/mol. The Labute approximate surface area is 184 Å². The molecule has 0 fully saturated rings. The highest BCUT2D eigenvalue weighted by Gasteiger charge is 2.22. The van der Waals surface area contributed by atoms with Crippen molar-refractivity contribution in [3.63, 3.8) is 0 Å². The summed E-state index contributed by atoms with van der Waals surface area (Å²) in [4.78, 5) is 26.2. The van der Waals surface area contributed by atoms with Gasteiger partial charge < -0.3 is 10.1 Å². The highest BCUT2D eigenvalue weighted by molar-refractivity contribution is 6.26. The minimum atomic E-state index is -0.772. The van der Waals surface area contributed by atoms with Gasteiger partial charge in [0.05, 0.1) is 18.1 Å². The topological polar surface area (TPSA) is 55.4 Å². The number of carbonyl (C=O) groups excluding carboxylic acids is 2. The first-order valence-corrected chi connectivity index (χ1v) is 9.51. The molecule has 0 aliphatic heterocycles. The van der Waals surface area contributed by atoms with Crippen LogP contribution in [0.5, 0.6) is 5.75 Å². The fourth-order valence-corrected chi connectivity index (χ4v) is 2.66. The molecule has 0 unspecified atom stereocenters. The van der Waals surface area contributed by atoms with Gasteiger partial charge in [0, 0.05) is 5.92 Å². The van der Waals surface area contributed by atoms with Crippen molar-refractivity contribution in [2.45, 2.75) is 20.5 Å². The van der Waals surface area contributed by atoms with Crippen LogP contribution in [0.2, 0.25) is 0 Å². The summed E-state index contributed by atoms with van der Waals surface area (Å²) in [6.45, 7) is 3.49. The minimum Gasteiger partial charge on any atom is -0.487 e. The normalized spacial score (nSPS) is 13.6. The highest BCUT2D eigenvalue weighted by atomic mass is 16.5. The Bertz CT molecular complexity index is 1260. The molecule has 3 aromatic carbocycles. The van der Waals surface area contributed by atoms with E-state index in [0.717, 1.165) is 11.6 Å². The average molecular weight is 405 g/mol. The molecule has 0 radical (unpaired) electrons. The Balaban J connectivity index is 1.97. The maximum atomic E-state index is 13.2. The van der Waals surface area contributed by atoms with Gasteiger partial charge in [0.15, 0.2) is 5.78 Å². The zero-order valence-corrected chi connectivity index (χ0v) is 16.8. The molecule has 0 spiro atoms. The number of rotatable bonds is 8. The van der Waals surface area contributed by atoms with Crippen LogP contribution in [0.3, 0.4) is 0 Å². The summed E-state index contributed by atoms with van der Waals surface area (Å²) in [6, 6.07) is 13.6. The molecule has 4 heteroatoms. The first-order valence-electron chi connectivity index (χ1n) is 12.0. The molecular formula is C26H25NO3. The molecule has 0 aromatic heterocycles. The second-order valence-electron chi connectivity index (χ2n) is 6.84. The largest absolute Gasteiger partial charge is 0.487 e. The van der Waals surface area contributed by atoms with Gasteiger partial charge in [-0.25, -0.2) is 0 Å². The Morgan fingerprint density at radius 2 is 1.67 bits per heavy atom. The van der Waals surface area contributed by atoms with Crippen LogP contribution >= 0.6 is 0 Å². The summed E-state index contributed by atoms with van der Waals surface area (Å²) < 4.78 is 45.6. The van der Waals surface area contributed by atoms with E-state index in [-0.39, 0.29) is 17.7 Å².